The summed E-state index contributed by atoms with van der Waals surface area (Å²) in [6.07, 6.45) is 88.0. The Balaban J connectivity index is 4.11. The summed E-state index contributed by atoms with van der Waals surface area (Å²) >= 11 is 0. The number of hydrogen-bond acceptors (Lipinski definition) is 6. The molecule has 0 fully saturated rings. The molecule has 0 aromatic heterocycles. The number of carbonyl (C=O) groups is 3. The molecule has 0 bridgehead atoms. The van der Waals surface area contributed by atoms with Crippen molar-refractivity contribution in [2.24, 2.45) is 0 Å². The summed E-state index contributed by atoms with van der Waals surface area (Å²) in [6.45, 7) is 6.54. The molecular weight excluding hydrogens is 973 g/mol. The van der Waals surface area contributed by atoms with E-state index in [0.717, 1.165) is 89.9 Å². The van der Waals surface area contributed by atoms with Gasteiger partial charge >= 0.3 is 17.9 Å². The molecule has 0 N–H and O–H groups in total. The van der Waals surface area contributed by atoms with E-state index in [1.54, 1.807) is 0 Å². The first-order valence-electron chi connectivity index (χ1n) is 34.4. The molecule has 0 aromatic carbocycles. The van der Waals surface area contributed by atoms with Crippen molar-refractivity contribution >= 4 is 17.9 Å². The van der Waals surface area contributed by atoms with Gasteiger partial charge in [0.1, 0.15) is 13.2 Å². The van der Waals surface area contributed by atoms with Gasteiger partial charge in [0.2, 0.25) is 0 Å². The molecule has 0 aliphatic carbocycles. The topological polar surface area (TPSA) is 78.9 Å². The lowest BCUT2D eigenvalue weighted by molar-refractivity contribution is -0.167. The highest BCUT2D eigenvalue weighted by atomic mass is 16.6. The molecule has 0 saturated heterocycles. The van der Waals surface area contributed by atoms with Crippen LogP contribution in [0.4, 0.5) is 0 Å². The van der Waals surface area contributed by atoms with Gasteiger partial charge in [-0.15, -0.1) is 0 Å². The number of rotatable bonds is 63. The van der Waals surface area contributed by atoms with E-state index in [4.69, 9.17) is 14.2 Å². The summed E-state index contributed by atoms with van der Waals surface area (Å²) in [7, 11) is 0. The summed E-state index contributed by atoms with van der Waals surface area (Å²) in [4.78, 5) is 38.3. The van der Waals surface area contributed by atoms with Gasteiger partial charge < -0.3 is 14.2 Å². The molecule has 6 heteroatoms. The lowest BCUT2D eigenvalue weighted by Gasteiger charge is -2.18. The maximum atomic E-state index is 12.9. The minimum Gasteiger partial charge on any atom is -0.462 e. The number of esters is 3. The van der Waals surface area contributed by atoms with Crippen LogP contribution in [0.5, 0.6) is 0 Å². The summed E-state index contributed by atoms with van der Waals surface area (Å²) in [5.74, 6) is -0.859. The molecule has 0 aliphatic rings. The number of hydrogen-bond donors (Lipinski definition) is 0. The van der Waals surface area contributed by atoms with Crippen molar-refractivity contribution in [3.8, 4) is 0 Å². The summed E-state index contributed by atoms with van der Waals surface area (Å²) in [5.41, 5.74) is 0. The average molecular weight is 1100 g/mol. The highest BCUT2D eigenvalue weighted by Gasteiger charge is 2.19. The Morgan fingerprint density at radius 2 is 0.494 bits per heavy atom. The molecule has 0 aliphatic heterocycles. The van der Waals surface area contributed by atoms with Crippen molar-refractivity contribution in [2.75, 3.05) is 13.2 Å². The summed E-state index contributed by atoms with van der Waals surface area (Å²) < 4.78 is 16.9. The van der Waals surface area contributed by atoms with Gasteiger partial charge in [-0.1, -0.05) is 318 Å². The van der Waals surface area contributed by atoms with Gasteiger partial charge in [-0.25, -0.2) is 0 Å². The van der Waals surface area contributed by atoms with Crippen LogP contribution in [0.1, 0.15) is 355 Å². The molecule has 0 rings (SSSR count). The second-order valence-electron chi connectivity index (χ2n) is 23.1. The van der Waals surface area contributed by atoms with Crippen LogP contribution >= 0.6 is 0 Å². The van der Waals surface area contributed by atoms with E-state index >= 15 is 0 Å². The van der Waals surface area contributed by atoms with Crippen molar-refractivity contribution in [1.29, 1.82) is 0 Å². The smallest absolute Gasteiger partial charge is 0.306 e. The third kappa shape index (κ3) is 65.5. The molecule has 0 aromatic rings. The van der Waals surface area contributed by atoms with Crippen LogP contribution in [-0.4, -0.2) is 37.2 Å². The fourth-order valence-electron chi connectivity index (χ4n) is 10.1. The third-order valence-corrected chi connectivity index (χ3v) is 15.2. The molecule has 79 heavy (non-hydrogen) atoms. The van der Waals surface area contributed by atoms with Gasteiger partial charge in [-0.2, -0.15) is 0 Å². The van der Waals surface area contributed by atoms with Gasteiger partial charge in [0, 0.05) is 19.3 Å². The first-order valence-corrected chi connectivity index (χ1v) is 34.4. The van der Waals surface area contributed by atoms with Crippen molar-refractivity contribution in [2.45, 2.75) is 361 Å². The fraction of sp³-hybridized carbons (Fsp3) is 0.795. The minimum absolute atomic E-state index is 0.0719. The number of ether oxygens (including phenoxy) is 3. The van der Waals surface area contributed by atoms with Gasteiger partial charge in [0.15, 0.2) is 6.10 Å². The van der Waals surface area contributed by atoms with Gasteiger partial charge in [-0.3, -0.25) is 14.4 Å². The number of allylic oxidation sites excluding steroid dienone is 12. The standard InChI is InChI=1S/C73H130O6/c1-4-7-10-13-16-19-21-23-25-27-29-31-32-33-34-35-36-37-38-39-40-42-43-45-47-49-51-54-57-60-63-66-72(75)78-69-70(68-77-71(74)65-62-59-56-53-18-15-12-9-6-3)79-73(76)67-64-61-58-55-52-50-48-46-44-41-30-28-26-24-22-20-17-14-11-8-5-2/h7,10,16,19,22-25,28-31,70H,4-6,8-9,11-15,17-18,20-21,26-27,32-69H2,1-3H3/b10-7-,19-16-,24-22-,25-23-,30-28-,31-29-. The zero-order valence-corrected chi connectivity index (χ0v) is 52.6. The van der Waals surface area contributed by atoms with E-state index in [9.17, 15) is 14.4 Å². The zero-order chi connectivity index (χ0) is 57.1. The Labute approximate surface area is 491 Å². The first-order chi connectivity index (χ1) is 39.0. The Hall–Kier alpha value is -3.15. The lowest BCUT2D eigenvalue weighted by atomic mass is 10.0. The second-order valence-corrected chi connectivity index (χ2v) is 23.1. The molecule has 6 nitrogen and oxygen atoms in total. The Bertz CT molecular complexity index is 1450. The fourth-order valence-corrected chi connectivity index (χ4v) is 10.1. The van der Waals surface area contributed by atoms with E-state index in [2.05, 4.69) is 93.7 Å². The molecule has 0 radical (unpaired) electrons. The van der Waals surface area contributed by atoms with Crippen molar-refractivity contribution in [3.63, 3.8) is 0 Å². The van der Waals surface area contributed by atoms with Crippen LogP contribution < -0.4 is 0 Å². The van der Waals surface area contributed by atoms with Crippen LogP contribution in [0.15, 0.2) is 72.9 Å². The highest BCUT2D eigenvalue weighted by Crippen LogP contribution is 2.18. The molecule has 0 amide bonds. The quantitative estimate of drug-likeness (QED) is 0.0261. The van der Waals surface area contributed by atoms with Crippen LogP contribution in [0.25, 0.3) is 0 Å². The normalized spacial score (nSPS) is 12.5. The van der Waals surface area contributed by atoms with Crippen LogP contribution in [-0.2, 0) is 28.6 Å². The van der Waals surface area contributed by atoms with E-state index in [1.165, 1.54) is 225 Å². The van der Waals surface area contributed by atoms with Gasteiger partial charge in [-0.05, 0) is 89.9 Å². The minimum atomic E-state index is -0.774. The van der Waals surface area contributed by atoms with Crippen LogP contribution in [0, 0.1) is 0 Å². The van der Waals surface area contributed by atoms with Crippen LogP contribution in [0.2, 0.25) is 0 Å². The highest BCUT2D eigenvalue weighted by molar-refractivity contribution is 5.71. The third-order valence-electron chi connectivity index (χ3n) is 15.2. The summed E-state index contributed by atoms with van der Waals surface area (Å²) in [6, 6.07) is 0. The maximum absolute atomic E-state index is 12.9. The predicted molar refractivity (Wildman–Crippen MR) is 344 cm³/mol. The lowest BCUT2D eigenvalue weighted by Crippen LogP contribution is -2.30. The van der Waals surface area contributed by atoms with Crippen molar-refractivity contribution in [3.05, 3.63) is 72.9 Å². The molecule has 0 saturated carbocycles. The van der Waals surface area contributed by atoms with Gasteiger partial charge in [0.25, 0.3) is 0 Å². The van der Waals surface area contributed by atoms with E-state index < -0.39 is 6.10 Å². The summed E-state index contributed by atoms with van der Waals surface area (Å²) in [5, 5.41) is 0. The maximum Gasteiger partial charge on any atom is 0.306 e. The Morgan fingerprint density at radius 1 is 0.266 bits per heavy atom. The molecule has 0 heterocycles. The van der Waals surface area contributed by atoms with Crippen molar-refractivity contribution in [1.82, 2.24) is 0 Å². The predicted octanol–water partition coefficient (Wildman–Crippen LogP) is 23.7. The largest absolute Gasteiger partial charge is 0.462 e. The Morgan fingerprint density at radius 3 is 0.772 bits per heavy atom. The SMILES string of the molecule is CC/C=C\C/C=C\C/C=C\C/C=C\CCCCCCCCCCCCCCCCCCCCC(=O)OCC(COC(=O)CCCCCCCCCCC)OC(=O)CCCCCCCCCCC/C=C\C/C=C\CCCCCCC. The average Bonchev–Trinajstić information content (AvgIpc) is 3.45. The number of carbonyl (C=O) groups excluding carboxylic acids is 3. The van der Waals surface area contributed by atoms with E-state index in [-0.39, 0.29) is 31.1 Å². The second kappa shape index (κ2) is 67.4. The number of unbranched alkanes of at least 4 members (excludes halogenated alkanes) is 40. The van der Waals surface area contributed by atoms with Crippen molar-refractivity contribution < 1.29 is 28.6 Å². The molecule has 1 atom stereocenters. The monoisotopic (exact) mass is 1100 g/mol. The van der Waals surface area contributed by atoms with E-state index in [1.807, 2.05) is 0 Å². The molecule has 1 unspecified atom stereocenters. The molecule has 0 spiro atoms. The molecule has 458 valence electrons. The van der Waals surface area contributed by atoms with Crippen LogP contribution in [0.3, 0.4) is 0 Å². The molecular formula is C73H130O6. The zero-order valence-electron chi connectivity index (χ0n) is 52.6. The van der Waals surface area contributed by atoms with Gasteiger partial charge in [0.05, 0.1) is 0 Å². The Kier molecular flexibility index (Phi) is 64.7. The first kappa shape index (κ1) is 75.8. The van der Waals surface area contributed by atoms with E-state index in [0.29, 0.717) is 19.3 Å².